The van der Waals surface area contributed by atoms with Crippen molar-refractivity contribution in [1.82, 2.24) is 4.90 Å². The van der Waals surface area contributed by atoms with Gasteiger partial charge in [-0.05, 0) is 13.8 Å². The highest BCUT2D eigenvalue weighted by Gasteiger charge is 2.32. The number of hydrogen-bond acceptors (Lipinski definition) is 4. The third-order valence-electron chi connectivity index (χ3n) is 1.91. The van der Waals surface area contributed by atoms with Gasteiger partial charge in [0.2, 0.25) is 0 Å². The lowest BCUT2D eigenvalue weighted by atomic mass is 9.95. The Hall–Kier alpha value is -1.41. The molecule has 1 rings (SSSR count). The van der Waals surface area contributed by atoms with Crippen molar-refractivity contribution >= 4 is 11.8 Å². The molecule has 0 radical (unpaired) electrons. The summed E-state index contributed by atoms with van der Waals surface area (Å²) in [7, 11) is 0. The lowest BCUT2D eigenvalue weighted by Crippen LogP contribution is -2.49. The summed E-state index contributed by atoms with van der Waals surface area (Å²) in [6, 6.07) is 2.04. The largest absolute Gasteiger partial charge is 0.362 e. The molecule has 1 aliphatic heterocycles. The molecule has 5 nitrogen and oxygen atoms in total. The van der Waals surface area contributed by atoms with Crippen molar-refractivity contribution in [3.63, 3.8) is 0 Å². The van der Waals surface area contributed by atoms with E-state index in [1.54, 1.807) is 13.8 Å². The fourth-order valence-corrected chi connectivity index (χ4v) is 1.13. The van der Waals surface area contributed by atoms with E-state index in [1.807, 2.05) is 6.07 Å². The molecule has 0 atom stereocenters. The van der Waals surface area contributed by atoms with Crippen LogP contribution in [0.5, 0.6) is 0 Å². The van der Waals surface area contributed by atoms with Gasteiger partial charge in [-0.25, -0.2) is 0 Å². The second-order valence-corrected chi connectivity index (χ2v) is 3.86. The predicted molar refractivity (Wildman–Crippen MR) is 46.9 cm³/mol. The highest BCUT2D eigenvalue weighted by atomic mass is 16.5. The lowest BCUT2D eigenvalue weighted by molar-refractivity contribution is -0.159. The van der Waals surface area contributed by atoms with E-state index in [1.165, 1.54) is 0 Å². The van der Waals surface area contributed by atoms with E-state index in [2.05, 4.69) is 0 Å². The first kappa shape index (κ1) is 10.7. The Morgan fingerprint density at radius 2 is 1.93 bits per heavy atom. The van der Waals surface area contributed by atoms with Gasteiger partial charge in [-0.1, -0.05) is 0 Å². The van der Waals surface area contributed by atoms with Gasteiger partial charge in [-0.15, -0.1) is 0 Å². The molecule has 2 amide bonds. The highest BCUT2D eigenvalue weighted by molar-refractivity contribution is 5.98. The average Bonchev–Trinajstić information content (AvgIpc) is 2.12. The first-order valence-electron chi connectivity index (χ1n) is 4.28. The molecule has 1 fully saturated rings. The average molecular weight is 196 g/mol. The third kappa shape index (κ3) is 2.30. The van der Waals surface area contributed by atoms with Crippen molar-refractivity contribution in [3.8, 4) is 6.07 Å². The first-order chi connectivity index (χ1) is 6.46. The summed E-state index contributed by atoms with van der Waals surface area (Å²) < 4.78 is 4.75. The molecule has 76 valence electrons. The zero-order chi connectivity index (χ0) is 10.8. The van der Waals surface area contributed by atoms with Crippen LogP contribution in [0.2, 0.25) is 0 Å². The summed E-state index contributed by atoms with van der Waals surface area (Å²) in [4.78, 5) is 23.6. The molecule has 0 aliphatic carbocycles. The topological polar surface area (TPSA) is 70.4 Å². The molecule has 14 heavy (non-hydrogen) atoms. The van der Waals surface area contributed by atoms with Crippen molar-refractivity contribution < 1.29 is 14.3 Å². The van der Waals surface area contributed by atoms with E-state index in [0.29, 0.717) is 0 Å². The van der Waals surface area contributed by atoms with Crippen molar-refractivity contribution in [3.05, 3.63) is 0 Å². The Morgan fingerprint density at radius 3 is 2.36 bits per heavy atom. The van der Waals surface area contributed by atoms with E-state index < -0.39 is 5.41 Å². The molecule has 0 aromatic carbocycles. The van der Waals surface area contributed by atoms with Crippen molar-refractivity contribution in [2.24, 2.45) is 5.41 Å². The lowest BCUT2D eigenvalue weighted by Gasteiger charge is -2.29. The molecule has 5 heteroatoms. The highest BCUT2D eigenvalue weighted by Crippen LogP contribution is 2.16. The molecule has 1 saturated heterocycles. The van der Waals surface area contributed by atoms with Crippen LogP contribution in [0.15, 0.2) is 0 Å². The van der Waals surface area contributed by atoms with Crippen LogP contribution < -0.4 is 0 Å². The second kappa shape index (κ2) is 3.76. The summed E-state index contributed by atoms with van der Waals surface area (Å²) in [6.07, 6.45) is 0. The Morgan fingerprint density at radius 1 is 1.43 bits per heavy atom. The smallest absolute Gasteiger partial charge is 0.255 e. The first-order valence-corrected chi connectivity index (χ1v) is 4.28. The zero-order valence-corrected chi connectivity index (χ0v) is 8.24. The molecule has 0 aromatic rings. The van der Waals surface area contributed by atoms with Crippen molar-refractivity contribution in [2.45, 2.75) is 13.8 Å². The molecule has 1 heterocycles. The maximum Gasteiger partial charge on any atom is 0.255 e. The number of carbonyl (C=O) groups is 2. The van der Waals surface area contributed by atoms with Crippen LogP contribution >= 0.6 is 0 Å². The van der Waals surface area contributed by atoms with E-state index in [4.69, 9.17) is 10.00 Å². The fraction of sp³-hybridized carbons (Fsp3) is 0.667. The number of nitrogens with zero attached hydrogens (tertiary/aromatic N) is 2. The van der Waals surface area contributed by atoms with Crippen LogP contribution in [-0.4, -0.2) is 36.5 Å². The van der Waals surface area contributed by atoms with Gasteiger partial charge >= 0.3 is 0 Å². The molecular weight excluding hydrogens is 184 g/mol. The fourth-order valence-electron chi connectivity index (χ4n) is 1.13. The number of morpholine rings is 1. The van der Waals surface area contributed by atoms with Crippen LogP contribution in [0, 0.1) is 16.7 Å². The summed E-state index contributed by atoms with van der Waals surface area (Å²) in [5, 5.41) is 8.77. The molecule has 0 N–H and O–H groups in total. The zero-order valence-electron chi connectivity index (χ0n) is 8.24. The normalized spacial score (nSPS) is 18.2. The van der Waals surface area contributed by atoms with E-state index in [0.717, 1.165) is 4.90 Å². The second-order valence-electron chi connectivity index (χ2n) is 3.86. The van der Waals surface area contributed by atoms with Crippen LogP contribution in [0.4, 0.5) is 0 Å². The van der Waals surface area contributed by atoms with Crippen molar-refractivity contribution in [2.75, 3.05) is 19.8 Å². The molecular formula is C9H12N2O3. The molecule has 0 aromatic heterocycles. The number of rotatable bonds is 2. The SMILES string of the molecule is CC(C)(C#N)CN1C(=O)COCC1=O. The number of nitriles is 1. The summed E-state index contributed by atoms with van der Waals surface area (Å²) >= 11 is 0. The van der Waals surface area contributed by atoms with Gasteiger partial charge in [0.25, 0.3) is 11.8 Å². The van der Waals surface area contributed by atoms with Crippen LogP contribution in [0.1, 0.15) is 13.8 Å². The molecule has 1 aliphatic rings. The Kier molecular flexibility index (Phi) is 2.87. The minimum atomic E-state index is -0.706. The van der Waals surface area contributed by atoms with Gasteiger partial charge in [-0.2, -0.15) is 5.26 Å². The summed E-state index contributed by atoms with van der Waals surface area (Å²) in [6.45, 7) is 3.34. The number of hydrogen-bond donors (Lipinski definition) is 0. The van der Waals surface area contributed by atoms with Gasteiger partial charge in [0, 0.05) is 6.54 Å². The quantitative estimate of drug-likeness (QED) is 0.579. The minimum Gasteiger partial charge on any atom is -0.362 e. The number of amides is 2. The van der Waals surface area contributed by atoms with Gasteiger partial charge < -0.3 is 4.74 Å². The van der Waals surface area contributed by atoms with E-state index in [-0.39, 0.29) is 31.6 Å². The van der Waals surface area contributed by atoms with Crippen LogP contribution in [0.25, 0.3) is 0 Å². The van der Waals surface area contributed by atoms with Crippen LogP contribution in [0.3, 0.4) is 0 Å². The monoisotopic (exact) mass is 196 g/mol. The summed E-state index contributed by atoms with van der Waals surface area (Å²) in [5.74, 6) is -0.742. The number of ether oxygens (including phenoxy) is 1. The summed E-state index contributed by atoms with van der Waals surface area (Å²) in [5.41, 5.74) is -0.706. The van der Waals surface area contributed by atoms with Gasteiger partial charge in [-0.3, -0.25) is 14.5 Å². The Bertz CT molecular complexity index is 288. The third-order valence-corrected chi connectivity index (χ3v) is 1.91. The molecule has 0 spiro atoms. The maximum atomic E-state index is 11.3. The van der Waals surface area contributed by atoms with Gasteiger partial charge in [0.05, 0.1) is 11.5 Å². The molecule has 0 saturated carbocycles. The van der Waals surface area contributed by atoms with Crippen molar-refractivity contribution in [1.29, 1.82) is 5.26 Å². The number of imide groups is 1. The Labute approximate surface area is 82.2 Å². The predicted octanol–water partition coefficient (Wildman–Crippen LogP) is -0.0784. The Balaban J connectivity index is 2.71. The van der Waals surface area contributed by atoms with E-state index >= 15 is 0 Å². The maximum absolute atomic E-state index is 11.3. The minimum absolute atomic E-state index is 0.0761. The van der Waals surface area contributed by atoms with Gasteiger partial charge in [0.1, 0.15) is 13.2 Å². The van der Waals surface area contributed by atoms with Crippen LogP contribution in [-0.2, 0) is 14.3 Å². The number of carbonyl (C=O) groups excluding carboxylic acids is 2. The standard InChI is InChI=1S/C9H12N2O3/c1-9(2,5-10)6-11-7(12)3-14-4-8(11)13/h3-4,6H2,1-2H3. The molecule has 0 bridgehead atoms. The van der Waals surface area contributed by atoms with E-state index in [9.17, 15) is 9.59 Å². The molecule has 0 unspecified atom stereocenters. The van der Waals surface area contributed by atoms with Gasteiger partial charge in [0.15, 0.2) is 0 Å².